The Bertz CT molecular complexity index is 1520. The summed E-state index contributed by atoms with van der Waals surface area (Å²) in [6.45, 7) is 1.16. The third-order valence-corrected chi connectivity index (χ3v) is 4.90. The van der Waals surface area contributed by atoms with Gasteiger partial charge in [0.05, 0.1) is 0 Å². The van der Waals surface area contributed by atoms with Crippen molar-refractivity contribution in [1.82, 2.24) is 15.4 Å². The molecule has 0 amide bonds. The van der Waals surface area contributed by atoms with E-state index in [1.807, 2.05) is 30.3 Å². The van der Waals surface area contributed by atoms with Crippen LogP contribution in [0.4, 0.5) is 0 Å². The normalized spacial score (nSPS) is 11.0. The summed E-state index contributed by atoms with van der Waals surface area (Å²) in [5.74, 6) is 0.550. The fourth-order valence-corrected chi connectivity index (χ4v) is 3.29. The van der Waals surface area contributed by atoms with Crippen molar-refractivity contribution in [2.45, 2.75) is 13.5 Å². The molecule has 10 heteroatoms. The number of carbonyl (C=O) groups excluding carboxylic acids is 1. The highest BCUT2D eigenvalue weighted by Crippen LogP contribution is 2.33. The Balaban J connectivity index is 1.21. The molecule has 0 atom stereocenters. The minimum Gasteiger partial charge on any atom is -0.482 e. The largest absolute Gasteiger partial charge is 0.482 e. The van der Waals surface area contributed by atoms with E-state index in [4.69, 9.17) is 22.8 Å². The van der Waals surface area contributed by atoms with Gasteiger partial charge in [0.2, 0.25) is 0 Å². The van der Waals surface area contributed by atoms with E-state index in [0.717, 1.165) is 10.9 Å². The molecule has 0 aliphatic heterocycles. The maximum Gasteiger partial charge on any atom is 0.344 e. The standard InChI is InChI=1S/C24H17N3O7/c1-14-22(23(27-34-14)16-5-3-2-4-6-16)24-26-25-19(33-24)12-31-21(29)13-30-17-9-7-15-8-10-20(28)32-18(15)11-17/h2-11H,12-13H2,1H3. The molecule has 170 valence electrons. The molecule has 0 radical (unpaired) electrons. The number of benzene rings is 2. The summed E-state index contributed by atoms with van der Waals surface area (Å²) in [7, 11) is 0. The van der Waals surface area contributed by atoms with Crippen LogP contribution in [-0.2, 0) is 16.1 Å². The van der Waals surface area contributed by atoms with E-state index >= 15 is 0 Å². The average molecular weight is 459 g/mol. The Hall–Kier alpha value is -4.73. The molecule has 0 aliphatic rings. The van der Waals surface area contributed by atoms with Gasteiger partial charge < -0.3 is 22.8 Å². The lowest BCUT2D eigenvalue weighted by molar-refractivity contribution is -0.148. The molecule has 0 aliphatic carbocycles. The number of nitrogens with zero attached hydrogens (tertiary/aromatic N) is 3. The molecule has 0 fully saturated rings. The Kier molecular flexibility index (Phi) is 5.61. The van der Waals surface area contributed by atoms with E-state index in [1.165, 1.54) is 12.1 Å². The molecule has 0 bridgehead atoms. The summed E-state index contributed by atoms with van der Waals surface area (Å²) < 4.78 is 26.7. The third kappa shape index (κ3) is 4.42. The molecule has 0 unspecified atom stereocenters. The molecule has 2 aromatic carbocycles. The fourth-order valence-electron chi connectivity index (χ4n) is 3.29. The summed E-state index contributed by atoms with van der Waals surface area (Å²) in [5, 5.41) is 12.8. The van der Waals surface area contributed by atoms with Crippen LogP contribution in [0.2, 0.25) is 0 Å². The van der Waals surface area contributed by atoms with Crippen LogP contribution in [0, 0.1) is 6.92 Å². The molecule has 0 saturated heterocycles. The lowest BCUT2D eigenvalue weighted by Gasteiger charge is -2.06. The van der Waals surface area contributed by atoms with Crippen LogP contribution in [0.5, 0.6) is 5.75 Å². The second-order valence-electron chi connectivity index (χ2n) is 7.23. The van der Waals surface area contributed by atoms with E-state index in [1.54, 1.807) is 25.1 Å². The highest BCUT2D eigenvalue weighted by Gasteiger charge is 2.22. The van der Waals surface area contributed by atoms with Crippen molar-refractivity contribution in [3.05, 3.63) is 82.7 Å². The van der Waals surface area contributed by atoms with Gasteiger partial charge in [-0.3, -0.25) is 0 Å². The number of rotatable bonds is 7. The van der Waals surface area contributed by atoms with Gasteiger partial charge in [-0.05, 0) is 25.1 Å². The second-order valence-corrected chi connectivity index (χ2v) is 7.23. The van der Waals surface area contributed by atoms with E-state index in [-0.39, 0.29) is 25.0 Å². The van der Waals surface area contributed by atoms with Crippen molar-refractivity contribution in [1.29, 1.82) is 0 Å². The Morgan fingerprint density at radius 3 is 2.68 bits per heavy atom. The van der Waals surface area contributed by atoms with Crippen molar-refractivity contribution in [2.24, 2.45) is 0 Å². The highest BCUT2D eigenvalue weighted by molar-refractivity contribution is 5.78. The van der Waals surface area contributed by atoms with Crippen LogP contribution in [-0.4, -0.2) is 27.9 Å². The molecule has 0 saturated carbocycles. The maximum absolute atomic E-state index is 12.1. The van der Waals surface area contributed by atoms with Crippen LogP contribution in [0.15, 0.2) is 78.8 Å². The van der Waals surface area contributed by atoms with Gasteiger partial charge in [-0.1, -0.05) is 35.5 Å². The van der Waals surface area contributed by atoms with E-state index in [2.05, 4.69) is 15.4 Å². The molecular weight excluding hydrogens is 442 g/mol. The monoisotopic (exact) mass is 459 g/mol. The van der Waals surface area contributed by atoms with Gasteiger partial charge in [-0.15, -0.1) is 10.2 Å². The first-order chi connectivity index (χ1) is 16.6. The average Bonchev–Trinajstić information content (AvgIpc) is 3.47. The summed E-state index contributed by atoms with van der Waals surface area (Å²) in [6.07, 6.45) is 0. The number of hydrogen-bond donors (Lipinski definition) is 0. The quantitative estimate of drug-likeness (QED) is 0.260. The Labute approximate surface area is 191 Å². The number of fused-ring (bicyclic) bond motifs is 1. The first-order valence-corrected chi connectivity index (χ1v) is 10.2. The van der Waals surface area contributed by atoms with E-state index < -0.39 is 11.6 Å². The zero-order valence-electron chi connectivity index (χ0n) is 17.9. The summed E-state index contributed by atoms with van der Waals surface area (Å²) in [6, 6.07) is 17.3. The SMILES string of the molecule is Cc1onc(-c2ccccc2)c1-c1nnc(COC(=O)COc2ccc3ccc(=O)oc3c2)o1. The third-order valence-electron chi connectivity index (χ3n) is 4.90. The first-order valence-electron chi connectivity index (χ1n) is 10.2. The lowest BCUT2D eigenvalue weighted by Crippen LogP contribution is -2.14. The molecule has 5 rings (SSSR count). The van der Waals surface area contributed by atoms with E-state index in [9.17, 15) is 9.59 Å². The molecule has 5 aromatic rings. The number of aryl methyl sites for hydroxylation is 1. The van der Waals surface area contributed by atoms with Gasteiger partial charge in [-0.25, -0.2) is 9.59 Å². The van der Waals surface area contributed by atoms with Gasteiger partial charge in [0, 0.05) is 23.1 Å². The van der Waals surface area contributed by atoms with Crippen molar-refractivity contribution < 1.29 is 27.6 Å². The predicted molar refractivity (Wildman–Crippen MR) is 118 cm³/mol. The van der Waals surface area contributed by atoms with Gasteiger partial charge in [0.15, 0.2) is 13.2 Å². The van der Waals surface area contributed by atoms with E-state index in [0.29, 0.717) is 28.4 Å². The van der Waals surface area contributed by atoms with Gasteiger partial charge >= 0.3 is 11.6 Å². The van der Waals surface area contributed by atoms with Crippen molar-refractivity contribution in [2.75, 3.05) is 6.61 Å². The maximum atomic E-state index is 12.1. The number of aromatic nitrogens is 3. The number of ether oxygens (including phenoxy) is 2. The van der Waals surface area contributed by atoms with Crippen LogP contribution >= 0.6 is 0 Å². The summed E-state index contributed by atoms with van der Waals surface area (Å²) >= 11 is 0. The molecule has 3 aromatic heterocycles. The molecule has 10 nitrogen and oxygen atoms in total. The topological polar surface area (TPSA) is 131 Å². The highest BCUT2D eigenvalue weighted by atomic mass is 16.6. The van der Waals surface area contributed by atoms with Crippen molar-refractivity contribution >= 4 is 16.9 Å². The van der Waals surface area contributed by atoms with Crippen molar-refractivity contribution in [3.63, 3.8) is 0 Å². The molecule has 3 heterocycles. The Morgan fingerprint density at radius 2 is 1.82 bits per heavy atom. The summed E-state index contributed by atoms with van der Waals surface area (Å²) in [5.41, 5.74) is 1.87. The summed E-state index contributed by atoms with van der Waals surface area (Å²) in [4.78, 5) is 23.5. The van der Waals surface area contributed by atoms with Crippen LogP contribution in [0.1, 0.15) is 11.7 Å². The van der Waals surface area contributed by atoms with Gasteiger partial charge in [0.1, 0.15) is 28.4 Å². The predicted octanol–water partition coefficient (Wildman–Crippen LogP) is 3.93. The molecule has 0 spiro atoms. The van der Waals surface area contributed by atoms with Crippen LogP contribution in [0.25, 0.3) is 33.7 Å². The zero-order chi connectivity index (χ0) is 23.5. The fraction of sp³-hybridized carbons (Fsp3) is 0.125. The molecule has 0 N–H and O–H groups in total. The molecule has 34 heavy (non-hydrogen) atoms. The van der Waals surface area contributed by atoms with Crippen LogP contribution in [0.3, 0.4) is 0 Å². The smallest absolute Gasteiger partial charge is 0.344 e. The second kappa shape index (κ2) is 9.02. The minimum absolute atomic E-state index is 0.107. The Morgan fingerprint density at radius 1 is 1.00 bits per heavy atom. The van der Waals surface area contributed by atoms with Gasteiger partial charge in [-0.2, -0.15) is 0 Å². The van der Waals surface area contributed by atoms with Gasteiger partial charge in [0.25, 0.3) is 11.8 Å². The van der Waals surface area contributed by atoms with Crippen LogP contribution < -0.4 is 10.4 Å². The minimum atomic E-state index is -0.638. The first kappa shape index (κ1) is 21.1. The van der Waals surface area contributed by atoms with Crippen molar-refractivity contribution in [3.8, 4) is 28.5 Å². The lowest BCUT2D eigenvalue weighted by atomic mass is 10.1. The number of carbonyl (C=O) groups is 1. The zero-order valence-corrected chi connectivity index (χ0v) is 17.9. The number of esters is 1. The molecular formula is C24H17N3O7. The number of hydrogen-bond acceptors (Lipinski definition) is 10.